The van der Waals surface area contributed by atoms with E-state index >= 15 is 0 Å². The average molecular weight is 414 g/mol. The van der Waals surface area contributed by atoms with Crippen LogP contribution in [0.3, 0.4) is 0 Å². The highest BCUT2D eigenvalue weighted by Crippen LogP contribution is 2.30. The van der Waals surface area contributed by atoms with Crippen LogP contribution in [-0.2, 0) is 12.8 Å². The lowest BCUT2D eigenvalue weighted by molar-refractivity contribution is 0.0695. The van der Waals surface area contributed by atoms with Crippen LogP contribution in [0.1, 0.15) is 40.9 Å². The quantitative estimate of drug-likeness (QED) is 0.685. The van der Waals surface area contributed by atoms with Gasteiger partial charge in [-0.1, -0.05) is 18.2 Å². The molecule has 0 atom stereocenters. The summed E-state index contributed by atoms with van der Waals surface area (Å²) in [5, 5.41) is 3.63. The van der Waals surface area contributed by atoms with Crippen LogP contribution in [0.15, 0.2) is 54.9 Å². The summed E-state index contributed by atoms with van der Waals surface area (Å²) in [6.45, 7) is 2.50. The van der Waals surface area contributed by atoms with E-state index in [-0.39, 0.29) is 5.91 Å². The highest BCUT2D eigenvalue weighted by molar-refractivity contribution is 5.94. The maximum atomic E-state index is 12.7. The number of nitrogens with one attached hydrogen (secondary N) is 1. The summed E-state index contributed by atoms with van der Waals surface area (Å²) in [6, 6.07) is 13.5. The van der Waals surface area contributed by atoms with E-state index in [1.807, 2.05) is 47.4 Å². The Labute approximate surface area is 182 Å². The van der Waals surface area contributed by atoms with Crippen molar-refractivity contribution in [1.29, 1.82) is 0 Å². The van der Waals surface area contributed by atoms with Gasteiger partial charge < -0.3 is 10.2 Å². The monoisotopic (exact) mass is 413 g/mol. The average Bonchev–Trinajstić information content (AvgIpc) is 3.32. The lowest BCUT2D eigenvalue weighted by atomic mass is 9.96. The highest BCUT2D eigenvalue weighted by atomic mass is 16.2. The number of hydrogen-bond acceptors (Lipinski definition) is 5. The molecule has 158 valence electrons. The summed E-state index contributed by atoms with van der Waals surface area (Å²) in [5.41, 5.74) is 4.22. The first-order valence-electron chi connectivity index (χ1n) is 11.2. The molecule has 5 rings (SSSR count). The van der Waals surface area contributed by atoms with Crippen LogP contribution in [0, 0.1) is 5.92 Å². The zero-order chi connectivity index (χ0) is 21.0. The molecule has 2 aliphatic rings. The summed E-state index contributed by atoms with van der Waals surface area (Å²) in [5.74, 6) is 2.43. The molecule has 2 aromatic heterocycles. The van der Waals surface area contributed by atoms with Crippen LogP contribution < -0.4 is 5.32 Å². The molecule has 0 bridgehead atoms. The Bertz CT molecular complexity index is 1050. The van der Waals surface area contributed by atoms with E-state index in [0.717, 1.165) is 74.5 Å². The summed E-state index contributed by atoms with van der Waals surface area (Å²) in [4.78, 5) is 28.4. The number of pyridine rings is 1. The molecule has 3 heterocycles. The van der Waals surface area contributed by atoms with Crippen molar-refractivity contribution in [2.45, 2.75) is 32.1 Å². The maximum absolute atomic E-state index is 12.7. The van der Waals surface area contributed by atoms with Gasteiger partial charge in [0.15, 0.2) is 5.82 Å². The Hall–Kier alpha value is -3.28. The van der Waals surface area contributed by atoms with Gasteiger partial charge in [0.05, 0.1) is 0 Å². The molecule has 0 saturated carbocycles. The molecule has 6 nitrogen and oxygen atoms in total. The first-order chi connectivity index (χ1) is 15.3. The third-order valence-corrected chi connectivity index (χ3v) is 6.35. The molecular formula is C25H27N5O. The molecule has 6 heteroatoms. The molecule has 0 radical (unpaired) electrons. The standard InChI is InChI=1S/C25H27N5O/c31-25(20-5-2-1-3-6-20)30-15-11-18(12-16-30)17-27-24-21-7-4-8-22(21)28-23(29-24)19-9-13-26-14-10-19/h1-3,5-6,9-10,13-14,18H,4,7-8,11-12,15-17H2,(H,27,28,29). The van der Waals surface area contributed by atoms with Crippen molar-refractivity contribution in [3.8, 4) is 11.4 Å². The summed E-state index contributed by atoms with van der Waals surface area (Å²) in [7, 11) is 0. The molecule has 0 unspecified atom stereocenters. The molecule has 1 amide bonds. The minimum absolute atomic E-state index is 0.141. The van der Waals surface area contributed by atoms with Crippen LogP contribution in [0.4, 0.5) is 5.82 Å². The molecule has 1 aliphatic carbocycles. The normalized spacial score (nSPS) is 16.2. The van der Waals surface area contributed by atoms with Gasteiger partial charge in [-0.3, -0.25) is 9.78 Å². The molecule has 3 aromatic rings. The van der Waals surface area contributed by atoms with Gasteiger partial charge in [-0.05, 0) is 62.3 Å². The Kier molecular flexibility index (Phi) is 5.61. The van der Waals surface area contributed by atoms with Crippen LogP contribution in [0.5, 0.6) is 0 Å². The van der Waals surface area contributed by atoms with Crippen LogP contribution in [0.2, 0.25) is 0 Å². The van der Waals surface area contributed by atoms with Gasteiger partial charge in [0, 0.05) is 54.4 Å². The molecule has 1 aromatic carbocycles. The minimum Gasteiger partial charge on any atom is -0.369 e. The minimum atomic E-state index is 0.141. The number of benzene rings is 1. The molecular weight excluding hydrogens is 386 g/mol. The molecule has 1 N–H and O–H groups in total. The largest absolute Gasteiger partial charge is 0.369 e. The second-order valence-electron chi connectivity index (χ2n) is 8.39. The van der Waals surface area contributed by atoms with Gasteiger partial charge >= 0.3 is 0 Å². The van der Waals surface area contributed by atoms with Gasteiger partial charge in [-0.2, -0.15) is 0 Å². The number of hydrogen-bond donors (Lipinski definition) is 1. The van der Waals surface area contributed by atoms with Crippen molar-refractivity contribution >= 4 is 11.7 Å². The number of likely N-dealkylation sites (tertiary alicyclic amines) is 1. The number of anilines is 1. The first kappa shape index (κ1) is 19.7. The van der Waals surface area contributed by atoms with E-state index in [0.29, 0.717) is 5.92 Å². The Morgan fingerprint density at radius 3 is 2.55 bits per heavy atom. The number of nitrogens with zero attached hydrogens (tertiary/aromatic N) is 4. The molecule has 31 heavy (non-hydrogen) atoms. The Balaban J connectivity index is 1.23. The predicted molar refractivity (Wildman–Crippen MR) is 121 cm³/mol. The van der Waals surface area contributed by atoms with E-state index in [1.165, 1.54) is 11.3 Å². The van der Waals surface area contributed by atoms with Crippen LogP contribution in [0.25, 0.3) is 11.4 Å². The van der Waals surface area contributed by atoms with Crippen molar-refractivity contribution in [3.63, 3.8) is 0 Å². The predicted octanol–water partition coefficient (Wildman–Crippen LogP) is 3.99. The van der Waals surface area contributed by atoms with Crippen molar-refractivity contribution < 1.29 is 4.79 Å². The van der Waals surface area contributed by atoms with E-state index < -0.39 is 0 Å². The number of carbonyl (C=O) groups is 1. The summed E-state index contributed by atoms with van der Waals surface area (Å²) < 4.78 is 0. The smallest absolute Gasteiger partial charge is 0.253 e. The topological polar surface area (TPSA) is 71.0 Å². The maximum Gasteiger partial charge on any atom is 0.253 e. The van der Waals surface area contributed by atoms with E-state index in [9.17, 15) is 4.79 Å². The van der Waals surface area contributed by atoms with Gasteiger partial charge in [0.2, 0.25) is 0 Å². The fraction of sp³-hybridized carbons (Fsp3) is 0.360. The van der Waals surface area contributed by atoms with Crippen LogP contribution >= 0.6 is 0 Å². The summed E-state index contributed by atoms with van der Waals surface area (Å²) in [6.07, 6.45) is 8.78. The van der Waals surface area contributed by atoms with Crippen molar-refractivity contribution in [2.75, 3.05) is 25.0 Å². The Morgan fingerprint density at radius 2 is 1.77 bits per heavy atom. The number of aryl methyl sites for hydroxylation is 1. The van der Waals surface area contributed by atoms with Crippen molar-refractivity contribution in [3.05, 3.63) is 71.7 Å². The number of rotatable bonds is 5. The van der Waals surface area contributed by atoms with E-state index in [2.05, 4.69) is 10.3 Å². The molecule has 1 saturated heterocycles. The first-order valence-corrected chi connectivity index (χ1v) is 11.2. The number of amides is 1. The third-order valence-electron chi connectivity index (χ3n) is 6.35. The summed E-state index contributed by atoms with van der Waals surface area (Å²) >= 11 is 0. The molecule has 0 spiro atoms. The second kappa shape index (κ2) is 8.84. The fourth-order valence-electron chi connectivity index (χ4n) is 4.55. The second-order valence-corrected chi connectivity index (χ2v) is 8.39. The number of aromatic nitrogens is 3. The van der Waals surface area contributed by atoms with E-state index in [1.54, 1.807) is 12.4 Å². The fourth-order valence-corrected chi connectivity index (χ4v) is 4.55. The molecule has 1 fully saturated rings. The van der Waals surface area contributed by atoms with Crippen molar-refractivity contribution in [2.24, 2.45) is 5.92 Å². The lowest BCUT2D eigenvalue weighted by Crippen LogP contribution is -2.40. The third kappa shape index (κ3) is 4.29. The van der Waals surface area contributed by atoms with Gasteiger partial charge in [-0.15, -0.1) is 0 Å². The van der Waals surface area contributed by atoms with Gasteiger partial charge in [-0.25, -0.2) is 9.97 Å². The lowest BCUT2D eigenvalue weighted by Gasteiger charge is -2.32. The van der Waals surface area contributed by atoms with Gasteiger partial charge in [0.25, 0.3) is 5.91 Å². The highest BCUT2D eigenvalue weighted by Gasteiger charge is 2.25. The van der Waals surface area contributed by atoms with Crippen LogP contribution in [-0.4, -0.2) is 45.4 Å². The molecule has 1 aliphatic heterocycles. The SMILES string of the molecule is O=C(c1ccccc1)N1CCC(CNc2nc(-c3ccncc3)nc3c2CCC3)CC1. The zero-order valence-electron chi connectivity index (χ0n) is 17.6. The Morgan fingerprint density at radius 1 is 1.00 bits per heavy atom. The van der Waals surface area contributed by atoms with Gasteiger partial charge in [0.1, 0.15) is 5.82 Å². The van der Waals surface area contributed by atoms with E-state index in [4.69, 9.17) is 9.97 Å². The number of carbonyl (C=O) groups excluding carboxylic acids is 1. The zero-order valence-corrected chi connectivity index (χ0v) is 17.6. The number of fused-ring (bicyclic) bond motifs is 1. The van der Waals surface area contributed by atoms with Crippen molar-refractivity contribution in [1.82, 2.24) is 19.9 Å². The number of piperidine rings is 1.